The molecule has 1 amide bonds. The standard InChI is InChI=1S/C21H25N5OS/c1-5-26-20(16-9-7-11-18(13-16)25(3)4)23-24-21(26)28-14-19(27)22-17-10-6-8-15(2)12-17/h6-13H,5,14H2,1-4H3,(H,22,27). The molecule has 28 heavy (non-hydrogen) atoms. The summed E-state index contributed by atoms with van der Waals surface area (Å²) in [6.07, 6.45) is 0. The molecule has 0 aliphatic heterocycles. The number of amides is 1. The van der Waals surface area contributed by atoms with E-state index in [0.717, 1.165) is 40.0 Å². The van der Waals surface area contributed by atoms with Crippen LogP contribution >= 0.6 is 11.8 Å². The van der Waals surface area contributed by atoms with Crippen LogP contribution in [0.25, 0.3) is 11.4 Å². The minimum Gasteiger partial charge on any atom is -0.378 e. The summed E-state index contributed by atoms with van der Waals surface area (Å²) >= 11 is 1.40. The van der Waals surface area contributed by atoms with Gasteiger partial charge in [0.2, 0.25) is 5.91 Å². The van der Waals surface area contributed by atoms with Gasteiger partial charge in [-0.3, -0.25) is 4.79 Å². The number of nitrogens with zero attached hydrogens (tertiary/aromatic N) is 4. The second kappa shape index (κ2) is 8.93. The van der Waals surface area contributed by atoms with Crippen LogP contribution in [0.1, 0.15) is 12.5 Å². The van der Waals surface area contributed by atoms with Gasteiger partial charge in [0.1, 0.15) is 0 Å². The molecule has 0 atom stereocenters. The summed E-state index contributed by atoms with van der Waals surface area (Å²) in [5.41, 5.74) is 4.04. The van der Waals surface area contributed by atoms with Crippen molar-refractivity contribution in [1.29, 1.82) is 0 Å². The average molecular weight is 396 g/mol. The van der Waals surface area contributed by atoms with E-state index in [4.69, 9.17) is 0 Å². The number of anilines is 2. The summed E-state index contributed by atoms with van der Waals surface area (Å²) in [7, 11) is 4.02. The van der Waals surface area contributed by atoms with Crippen molar-refractivity contribution in [2.75, 3.05) is 30.1 Å². The molecule has 3 aromatic rings. The number of benzene rings is 2. The zero-order valence-corrected chi connectivity index (χ0v) is 17.5. The molecule has 0 bridgehead atoms. The monoisotopic (exact) mass is 395 g/mol. The Morgan fingerprint density at radius 3 is 2.64 bits per heavy atom. The third-order valence-electron chi connectivity index (χ3n) is 4.29. The number of thioether (sulfide) groups is 1. The maximum absolute atomic E-state index is 12.3. The SMILES string of the molecule is CCn1c(SCC(=O)Nc2cccc(C)c2)nnc1-c1cccc(N(C)C)c1. The van der Waals surface area contributed by atoms with Crippen LogP contribution in [0, 0.1) is 6.92 Å². The summed E-state index contributed by atoms with van der Waals surface area (Å²) in [4.78, 5) is 14.4. The van der Waals surface area contributed by atoms with E-state index in [1.54, 1.807) is 0 Å². The normalized spacial score (nSPS) is 10.7. The van der Waals surface area contributed by atoms with E-state index in [1.165, 1.54) is 11.8 Å². The van der Waals surface area contributed by atoms with Gasteiger partial charge in [-0.1, -0.05) is 36.0 Å². The van der Waals surface area contributed by atoms with Gasteiger partial charge < -0.3 is 14.8 Å². The molecule has 0 aliphatic rings. The van der Waals surface area contributed by atoms with Crippen LogP contribution < -0.4 is 10.2 Å². The van der Waals surface area contributed by atoms with Crippen molar-refractivity contribution >= 4 is 29.0 Å². The molecule has 0 unspecified atom stereocenters. The molecule has 1 N–H and O–H groups in total. The molecule has 0 radical (unpaired) electrons. The van der Waals surface area contributed by atoms with Crippen molar-refractivity contribution in [3.05, 3.63) is 54.1 Å². The summed E-state index contributed by atoms with van der Waals surface area (Å²) < 4.78 is 2.04. The summed E-state index contributed by atoms with van der Waals surface area (Å²) in [6, 6.07) is 16.0. The first-order valence-corrected chi connectivity index (χ1v) is 10.2. The quantitative estimate of drug-likeness (QED) is 0.611. The Hall–Kier alpha value is -2.80. The molecule has 1 aromatic heterocycles. The number of carbonyl (C=O) groups excluding carboxylic acids is 1. The molecule has 7 heteroatoms. The van der Waals surface area contributed by atoms with E-state index in [1.807, 2.05) is 62.0 Å². The van der Waals surface area contributed by atoms with Gasteiger partial charge in [0, 0.05) is 37.6 Å². The third kappa shape index (κ3) is 4.72. The number of aromatic nitrogens is 3. The zero-order chi connectivity index (χ0) is 20.1. The second-order valence-corrected chi connectivity index (χ2v) is 7.64. The molecule has 0 aliphatic carbocycles. The van der Waals surface area contributed by atoms with E-state index in [0.29, 0.717) is 0 Å². The summed E-state index contributed by atoms with van der Waals surface area (Å²) in [5, 5.41) is 12.4. The van der Waals surface area contributed by atoms with Gasteiger partial charge in [-0.25, -0.2) is 0 Å². The fourth-order valence-electron chi connectivity index (χ4n) is 2.87. The Labute approximate surface area is 170 Å². The van der Waals surface area contributed by atoms with Gasteiger partial charge >= 0.3 is 0 Å². The number of hydrogen-bond donors (Lipinski definition) is 1. The molecule has 3 rings (SSSR count). The Morgan fingerprint density at radius 2 is 1.93 bits per heavy atom. The maximum atomic E-state index is 12.3. The number of rotatable bonds is 7. The smallest absolute Gasteiger partial charge is 0.234 e. The zero-order valence-electron chi connectivity index (χ0n) is 16.6. The topological polar surface area (TPSA) is 63.1 Å². The van der Waals surface area contributed by atoms with Crippen LogP contribution in [-0.4, -0.2) is 40.5 Å². The van der Waals surface area contributed by atoms with Crippen molar-refractivity contribution in [2.24, 2.45) is 0 Å². The van der Waals surface area contributed by atoms with Gasteiger partial charge in [0.25, 0.3) is 0 Å². The van der Waals surface area contributed by atoms with E-state index < -0.39 is 0 Å². The third-order valence-corrected chi connectivity index (χ3v) is 5.25. The van der Waals surface area contributed by atoms with E-state index >= 15 is 0 Å². The molecule has 1 heterocycles. The summed E-state index contributed by atoms with van der Waals surface area (Å²) in [5.74, 6) is 1.04. The van der Waals surface area contributed by atoms with Crippen LogP contribution in [0.3, 0.4) is 0 Å². The van der Waals surface area contributed by atoms with Crippen LogP contribution in [0.5, 0.6) is 0 Å². The minimum atomic E-state index is -0.0580. The molecule has 146 valence electrons. The Kier molecular flexibility index (Phi) is 6.36. The molecule has 0 fully saturated rings. The van der Waals surface area contributed by atoms with E-state index in [-0.39, 0.29) is 11.7 Å². The molecule has 0 saturated carbocycles. The largest absolute Gasteiger partial charge is 0.378 e. The maximum Gasteiger partial charge on any atom is 0.234 e. The lowest BCUT2D eigenvalue weighted by Crippen LogP contribution is -2.14. The average Bonchev–Trinajstić information content (AvgIpc) is 3.09. The number of nitrogens with one attached hydrogen (secondary N) is 1. The fraction of sp³-hybridized carbons (Fsp3) is 0.286. The lowest BCUT2D eigenvalue weighted by Gasteiger charge is -2.14. The first-order chi connectivity index (χ1) is 13.5. The van der Waals surface area contributed by atoms with Gasteiger partial charge in [0.05, 0.1) is 5.75 Å². The van der Waals surface area contributed by atoms with Crippen molar-refractivity contribution < 1.29 is 4.79 Å². The van der Waals surface area contributed by atoms with Crippen molar-refractivity contribution in [3.8, 4) is 11.4 Å². The molecule has 2 aromatic carbocycles. The second-order valence-electron chi connectivity index (χ2n) is 6.70. The number of aryl methyl sites for hydroxylation is 1. The van der Waals surface area contributed by atoms with Gasteiger partial charge in [0.15, 0.2) is 11.0 Å². The highest BCUT2D eigenvalue weighted by Gasteiger charge is 2.15. The van der Waals surface area contributed by atoms with Crippen LogP contribution in [0.15, 0.2) is 53.7 Å². The van der Waals surface area contributed by atoms with Gasteiger partial charge in [-0.15, -0.1) is 10.2 Å². The van der Waals surface area contributed by atoms with Crippen LogP contribution in [0.4, 0.5) is 11.4 Å². The highest BCUT2D eigenvalue weighted by Crippen LogP contribution is 2.26. The number of hydrogen-bond acceptors (Lipinski definition) is 5. The highest BCUT2D eigenvalue weighted by molar-refractivity contribution is 7.99. The van der Waals surface area contributed by atoms with E-state index in [9.17, 15) is 4.79 Å². The van der Waals surface area contributed by atoms with Gasteiger partial charge in [-0.05, 0) is 43.7 Å². The molecule has 0 saturated heterocycles. The Balaban J connectivity index is 1.72. The lowest BCUT2D eigenvalue weighted by molar-refractivity contribution is -0.113. The first-order valence-electron chi connectivity index (χ1n) is 9.18. The Bertz CT molecular complexity index is 967. The predicted molar refractivity (Wildman–Crippen MR) is 116 cm³/mol. The van der Waals surface area contributed by atoms with Crippen molar-refractivity contribution in [2.45, 2.75) is 25.5 Å². The summed E-state index contributed by atoms with van der Waals surface area (Å²) in [6.45, 7) is 4.79. The Morgan fingerprint density at radius 1 is 1.14 bits per heavy atom. The predicted octanol–water partition coefficient (Wildman–Crippen LogP) is 4.07. The van der Waals surface area contributed by atoms with Crippen LogP contribution in [-0.2, 0) is 11.3 Å². The minimum absolute atomic E-state index is 0.0580. The molecular formula is C21H25N5OS. The van der Waals surface area contributed by atoms with Crippen molar-refractivity contribution in [1.82, 2.24) is 14.8 Å². The fourth-order valence-corrected chi connectivity index (χ4v) is 3.67. The molecule has 0 spiro atoms. The first kappa shape index (κ1) is 19.9. The molecule has 6 nitrogen and oxygen atoms in total. The lowest BCUT2D eigenvalue weighted by atomic mass is 10.2. The highest BCUT2D eigenvalue weighted by atomic mass is 32.2. The van der Waals surface area contributed by atoms with Crippen LogP contribution in [0.2, 0.25) is 0 Å². The number of carbonyl (C=O) groups is 1. The van der Waals surface area contributed by atoms with Gasteiger partial charge in [-0.2, -0.15) is 0 Å². The van der Waals surface area contributed by atoms with Crippen molar-refractivity contribution in [3.63, 3.8) is 0 Å². The molecular weight excluding hydrogens is 370 g/mol. The van der Waals surface area contributed by atoms with E-state index in [2.05, 4.69) is 39.5 Å².